The van der Waals surface area contributed by atoms with Crippen molar-refractivity contribution in [3.63, 3.8) is 0 Å². The van der Waals surface area contributed by atoms with Crippen LogP contribution in [0.25, 0.3) is 0 Å². The smallest absolute Gasteiger partial charge is 0.0525 e. The van der Waals surface area contributed by atoms with Crippen molar-refractivity contribution >= 4 is 0 Å². The first-order chi connectivity index (χ1) is 4.41. The van der Waals surface area contributed by atoms with Crippen LogP contribution >= 0.6 is 0 Å². The standard InChI is InChI=1S/C9H17/c1-3-5-7-9-8-6-4-2/h8H,3-5,7,9H2,1-2H3/q-1. The Balaban J connectivity index is 2.82. The van der Waals surface area contributed by atoms with Crippen LogP contribution in [0.1, 0.15) is 46.0 Å². The van der Waals surface area contributed by atoms with Crippen LogP contribution in [0.4, 0.5) is 0 Å². The minimum atomic E-state index is 1.06. The van der Waals surface area contributed by atoms with Crippen LogP contribution < -0.4 is 0 Å². The molecule has 0 spiro atoms. The largest absolute Gasteiger partial charge is 0.501 e. The van der Waals surface area contributed by atoms with E-state index in [1.54, 1.807) is 0 Å². The maximum atomic E-state index is 3.18. The Bertz CT molecular complexity index is 62.4. The Morgan fingerprint density at radius 2 is 2.00 bits per heavy atom. The number of hydrogen-bond acceptors (Lipinski definition) is 0. The molecule has 0 heterocycles. The Labute approximate surface area is 59.0 Å². The highest BCUT2D eigenvalue weighted by atomic mass is 13.9. The predicted octanol–water partition coefficient (Wildman–Crippen LogP) is 3.34. The molecule has 0 radical (unpaired) electrons. The zero-order chi connectivity index (χ0) is 6.95. The van der Waals surface area contributed by atoms with Crippen LogP contribution in [0.2, 0.25) is 0 Å². The van der Waals surface area contributed by atoms with Crippen molar-refractivity contribution in [3.8, 4) is 0 Å². The van der Waals surface area contributed by atoms with Crippen LogP contribution in [-0.4, -0.2) is 0 Å². The average Bonchev–Trinajstić information content (AvgIpc) is 1.89. The Morgan fingerprint density at radius 1 is 1.22 bits per heavy atom. The summed E-state index contributed by atoms with van der Waals surface area (Å²) in [5, 5.41) is 0. The molecule has 0 aliphatic rings. The summed E-state index contributed by atoms with van der Waals surface area (Å²) in [6.07, 6.45) is 11.6. The van der Waals surface area contributed by atoms with Gasteiger partial charge >= 0.3 is 0 Å². The molecule has 0 saturated heterocycles. The van der Waals surface area contributed by atoms with Gasteiger partial charge in [-0.1, -0.05) is 39.5 Å². The SMILES string of the molecule is CC[C-]=CCCCCC. The molecule has 0 amide bonds. The van der Waals surface area contributed by atoms with Gasteiger partial charge in [0, 0.05) is 0 Å². The molecule has 9 heavy (non-hydrogen) atoms. The fourth-order valence-corrected chi connectivity index (χ4v) is 0.743. The second-order valence-electron chi connectivity index (χ2n) is 2.26. The molecule has 0 aromatic carbocycles. The number of rotatable bonds is 5. The van der Waals surface area contributed by atoms with E-state index in [9.17, 15) is 0 Å². The molecule has 0 aromatic heterocycles. The fraction of sp³-hybridized carbons (Fsp3) is 0.778. The third kappa shape index (κ3) is 7.74. The maximum absolute atomic E-state index is 3.18. The van der Waals surface area contributed by atoms with E-state index >= 15 is 0 Å². The van der Waals surface area contributed by atoms with Crippen molar-refractivity contribution in [3.05, 3.63) is 12.2 Å². The zero-order valence-corrected chi connectivity index (χ0v) is 6.61. The van der Waals surface area contributed by atoms with Gasteiger partial charge in [0.15, 0.2) is 0 Å². The molecule has 0 aliphatic heterocycles. The van der Waals surface area contributed by atoms with Gasteiger partial charge in [-0.25, -0.2) is 0 Å². The van der Waals surface area contributed by atoms with E-state index in [0.717, 1.165) is 6.42 Å². The van der Waals surface area contributed by atoms with Gasteiger partial charge in [-0.3, -0.25) is 6.08 Å². The summed E-state index contributed by atoms with van der Waals surface area (Å²) >= 11 is 0. The van der Waals surface area contributed by atoms with Gasteiger partial charge in [-0.2, -0.15) is 6.42 Å². The lowest BCUT2D eigenvalue weighted by Crippen LogP contribution is -1.70. The summed E-state index contributed by atoms with van der Waals surface area (Å²) in [5.41, 5.74) is 0. The third-order valence-corrected chi connectivity index (χ3v) is 1.30. The molecule has 0 heteroatoms. The lowest BCUT2D eigenvalue weighted by Gasteiger charge is -1.98. The van der Waals surface area contributed by atoms with E-state index in [1.807, 2.05) is 0 Å². The van der Waals surface area contributed by atoms with E-state index in [-0.39, 0.29) is 0 Å². The monoisotopic (exact) mass is 125 g/mol. The maximum Gasteiger partial charge on any atom is -0.0525 e. The minimum Gasteiger partial charge on any atom is -0.501 e. The van der Waals surface area contributed by atoms with Gasteiger partial charge < -0.3 is 6.08 Å². The van der Waals surface area contributed by atoms with E-state index in [4.69, 9.17) is 0 Å². The van der Waals surface area contributed by atoms with E-state index in [0.29, 0.717) is 0 Å². The molecule has 0 rings (SSSR count). The highest BCUT2D eigenvalue weighted by molar-refractivity contribution is 4.71. The van der Waals surface area contributed by atoms with Crippen LogP contribution in [0.5, 0.6) is 0 Å². The van der Waals surface area contributed by atoms with E-state index < -0.39 is 0 Å². The van der Waals surface area contributed by atoms with Crippen molar-refractivity contribution in [2.75, 3.05) is 0 Å². The van der Waals surface area contributed by atoms with Gasteiger partial charge in [-0.15, -0.1) is 0 Å². The van der Waals surface area contributed by atoms with Crippen LogP contribution in [0, 0.1) is 6.08 Å². The van der Waals surface area contributed by atoms with E-state index in [1.165, 1.54) is 25.7 Å². The van der Waals surface area contributed by atoms with Gasteiger partial charge in [0.05, 0.1) is 0 Å². The molecule has 0 aliphatic carbocycles. The van der Waals surface area contributed by atoms with Crippen molar-refractivity contribution in [2.24, 2.45) is 0 Å². The lowest BCUT2D eigenvalue weighted by atomic mass is 10.2. The summed E-state index contributed by atoms with van der Waals surface area (Å²) in [4.78, 5) is 0. The summed E-state index contributed by atoms with van der Waals surface area (Å²) in [5.74, 6) is 0. The molecule has 0 N–H and O–H groups in total. The molecule has 0 fully saturated rings. The number of allylic oxidation sites excluding steroid dienone is 2. The summed E-state index contributed by atoms with van der Waals surface area (Å²) in [6, 6.07) is 0. The second kappa shape index (κ2) is 7.74. The fourth-order valence-electron chi connectivity index (χ4n) is 0.743. The molecule has 0 unspecified atom stereocenters. The van der Waals surface area contributed by atoms with Gasteiger partial charge in [0.25, 0.3) is 0 Å². The van der Waals surface area contributed by atoms with Crippen molar-refractivity contribution < 1.29 is 0 Å². The minimum absolute atomic E-state index is 1.06. The molecule has 0 atom stereocenters. The molecule has 0 nitrogen and oxygen atoms in total. The molecule has 0 bridgehead atoms. The van der Waals surface area contributed by atoms with Crippen LogP contribution in [-0.2, 0) is 0 Å². The van der Waals surface area contributed by atoms with Crippen LogP contribution in [0.3, 0.4) is 0 Å². The van der Waals surface area contributed by atoms with E-state index in [2.05, 4.69) is 26.0 Å². The third-order valence-electron chi connectivity index (χ3n) is 1.30. The lowest BCUT2D eigenvalue weighted by molar-refractivity contribution is 0.727. The second-order valence-corrected chi connectivity index (χ2v) is 2.26. The predicted molar refractivity (Wildman–Crippen MR) is 42.2 cm³/mol. The summed E-state index contributed by atoms with van der Waals surface area (Å²) in [6.45, 7) is 4.35. The van der Waals surface area contributed by atoms with Gasteiger partial charge in [0.2, 0.25) is 0 Å². The molecular formula is C9H17-. The number of unbranched alkanes of at least 4 members (excludes halogenated alkanes) is 3. The average molecular weight is 125 g/mol. The normalized spacial score (nSPS) is 10.9. The molecule has 54 valence electrons. The topological polar surface area (TPSA) is 0 Å². The molecule has 0 aromatic rings. The number of hydrogen-bond donors (Lipinski definition) is 0. The first kappa shape index (κ1) is 8.74. The van der Waals surface area contributed by atoms with Crippen molar-refractivity contribution in [1.82, 2.24) is 0 Å². The van der Waals surface area contributed by atoms with Gasteiger partial charge in [0.1, 0.15) is 0 Å². The Hall–Kier alpha value is -0.260. The van der Waals surface area contributed by atoms with Gasteiger partial charge in [-0.05, 0) is 0 Å². The quantitative estimate of drug-likeness (QED) is 0.390. The first-order valence-corrected chi connectivity index (χ1v) is 3.96. The van der Waals surface area contributed by atoms with Crippen molar-refractivity contribution in [2.45, 2.75) is 46.0 Å². The van der Waals surface area contributed by atoms with Crippen molar-refractivity contribution in [1.29, 1.82) is 0 Å². The van der Waals surface area contributed by atoms with Crippen LogP contribution in [0.15, 0.2) is 6.08 Å². The Morgan fingerprint density at radius 3 is 2.56 bits per heavy atom. The summed E-state index contributed by atoms with van der Waals surface area (Å²) in [7, 11) is 0. The molecular weight excluding hydrogens is 108 g/mol. The summed E-state index contributed by atoms with van der Waals surface area (Å²) < 4.78 is 0. The highest BCUT2D eigenvalue weighted by Gasteiger charge is 1.76. The molecule has 0 saturated carbocycles. The first-order valence-electron chi connectivity index (χ1n) is 3.96. The Kier molecular flexibility index (Phi) is 7.52. The highest BCUT2D eigenvalue weighted by Crippen LogP contribution is 1.99. The zero-order valence-electron chi connectivity index (χ0n) is 6.61.